The van der Waals surface area contributed by atoms with Gasteiger partial charge in [0.2, 0.25) is 0 Å². The van der Waals surface area contributed by atoms with Crippen molar-refractivity contribution in [2.24, 2.45) is 10.9 Å². The maximum absolute atomic E-state index is 6.66. The van der Waals surface area contributed by atoms with Crippen LogP contribution in [0.5, 0.6) is 0 Å². The fourth-order valence-corrected chi connectivity index (χ4v) is 10.5. The molecule has 0 N–H and O–H groups in total. The average molecular weight is 1010 g/mol. The summed E-state index contributed by atoms with van der Waals surface area (Å²) in [6.07, 6.45) is 6.43. The van der Waals surface area contributed by atoms with Crippen LogP contribution in [-0.2, 0) is 25.8 Å². The SMILES string of the molecule is CCCC(CCC)[C@]1(C)COC(c2[c-]c(-n3c4[c-]c(-n5c6ccc(-c7ccccc7)cc6c6cccnc65)c(C)cc4c4cc(C)ccc43)cc(-c3c(C)cc(C)cc3C)c2)=N1.[Pt+2]. The van der Waals surface area contributed by atoms with E-state index >= 15 is 0 Å². The second-order valence-electron chi connectivity index (χ2n) is 18.0. The minimum Gasteiger partial charge on any atom is -0.518 e. The van der Waals surface area contributed by atoms with Gasteiger partial charge >= 0.3 is 21.1 Å². The molecule has 0 aliphatic carbocycles. The van der Waals surface area contributed by atoms with Gasteiger partial charge in [0.05, 0.1) is 11.1 Å². The first kappa shape index (κ1) is 42.5. The Hall–Kier alpha value is -5.77. The Bertz CT molecular complexity index is 3220. The van der Waals surface area contributed by atoms with Crippen LogP contribution < -0.4 is 0 Å². The second-order valence-corrected chi connectivity index (χ2v) is 18.0. The maximum Gasteiger partial charge on any atom is 2.00 e. The first-order valence-corrected chi connectivity index (χ1v) is 22.4. The van der Waals surface area contributed by atoms with Crippen molar-refractivity contribution in [1.29, 1.82) is 0 Å². The van der Waals surface area contributed by atoms with Crippen molar-refractivity contribution in [3.8, 4) is 33.6 Å². The molecule has 1 aliphatic rings. The molecule has 3 aromatic heterocycles. The first-order chi connectivity index (χ1) is 30.0. The molecule has 0 unspecified atom stereocenters. The number of rotatable bonds is 10. The first-order valence-electron chi connectivity index (χ1n) is 22.4. The van der Waals surface area contributed by atoms with Gasteiger partial charge in [-0.15, -0.1) is 35.2 Å². The number of aliphatic imine (C=N–C) groups is 1. The van der Waals surface area contributed by atoms with Gasteiger partial charge in [-0.3, -0.25) is 4.99 Å². The smallest absolute Gasteiger partial charge is 0.518 e. The zero-order chi connectivity index (χ0) is 42.9. The molecule has 5 nitrogen and oxygen atoms in total. The molecule has 63 heavy (non-hydrogen) atoms. The van der Waals surface area contributed by atoms with E-state index in [2.05, 4.69) is 180 Å². The zero-order valence-electron chi connectivity index (χ0n) is 37.6. The van der Waals surface area contributed by atoms with Gasteiger partial charge in [0.1, 0.15) is 18.2 Å². The van der Waals surface area contributed by atoms with E-state index in [1.54, 1.807) is 0 Å². The van der Waals surface area contributed by atoms with Gasteiger partial charge in [-0.2, -0.15) is 6.07 Å². The van der Waals surface area contributed by atoms with Crippen LogP contribution in [0, 0.1) is 52.7 Å². The topological polar surface area (TPSA) is 44.3 Å². The average Bonchev–Trinajstić information content (AvgIpc) is 3.92. The molecule has 1 aliphatic heterocycles. The van der Waals surface area contributed by atoms with Crippen LogP contribution in [0.2, 0.25) is 0 Å². The van der Waals surface area contributed by atoms with Crippen molar-refractivity contribution in [3.63, 3.8) is 0 Å². The van der Waals surface area contributed by atoms with E-state index in [0.717, 1.165) is 92.1 Å². The molecule has 6 aromatic carbocycles. The van der Waals surface area contributed by atoms with Gasteiger partial charge in [-0.1, -0.05) is 128 Å². The molecule has 0 bridgehead atoms. The molecule has 4 heterocycles. The Labute approximate surface area is 386 Å². The van der Waals surface area contributed by atoms with E-state index in [1.807, 2.05) is 12.3 Å². The standard InChI is InChI=1S/C57H54N4O.Pt/c1-9-15-44(16-10-2)57(8)34-62-56(59-57)43-29-42(54-38(6)25-36(4)26-39(54)7)30-45(31-43)60-50-22-20-35(3)27-47(50)48-28-37(5)52(33-53(48)60)61-51-23-21-41(40-17-12-11-13-18-40)32-49(51)46-19-14-24-58-55(46)61;/h11-14,17-30,32,44H,9-10,15-16,34H2,1-8H3;/q-2;+2/t57-;/m0./s1. The van der Waals surface area contributed by atoms with Gasteiger partial charge in [0, 0.05) is 22.5 Å². The summed E-state index contributed by atoms with van der Waals surface area (Å²) in [5.41, 5.74) is 17.4. The summed E-state index contributed by atoms with van der Waals surface area (Å²) in [5, 5.41) is 4.61. The predicted octanol–water partition coefficient (Wildman–Crippen LogP) is 14.5. The third kappa shape index (κ3) is 7.33. The summed E-state index contributed by atoms with van der Waals surface area (Å²) in [6.45, 7) is 18.4. The molecule has 0 fully saturated rings. The molecule has 0 spiro atoms. The van der Waals surface area contributed by atoms with E-state index < -0.39 is 0 Å². The molecular weight excluding hydrogens is 952 g/mol. The van der Waals surface area contributed by atoms with Crippen LogP contribution in [0.4, 0.5) is 0 Å². The Balaban J connectivity index is 0.00000504. The number of ether oxygens (including phenoxy) is 1. The monoisotopic (exact) mass is 1010 g/mol. The predicted molar refractivity (Wildman–Crippen MR) is 259 cm³/mol. The second kappa shape index (κ2) is 16.7. The van der Waals surface area contributed by atoms with Crippen LogP contribution in [0.15, 0.2) is 120 Å². The Morgan fingerprint density at radius 2 is 1.37 bits per heavy atom. The fraction of sp³-hybridized carbons (Fsp3) is 0.263. The molecule has 10 rings (SSSR count). The number of hydrogen-bond donors (Lipinski definition) is 0. The molecule has 0 amide bonds. The van der Waals surface area contributed by atoms with Crippen molar-refractivity contribution >= 4 is 49.6 Å². The molecule has 0 radical (unpaired) electrons. The van der Waals surface area contributed by atoms with Gasteiger partial charge in [0.15, 0.2) is 0 Å². The number of pyridine rings is 1. The van der Waals surface area contributed by atoms with Crippen molar-refractivity contribution in [2.75, 3.05) is 6.61 Å². The van der Waals surface area contributed by atoms with E-state index in [1.165, 1.54) is 44.3 Å². The van der Waals surface area contributed by atoms with E-state index in [4.69, 9.17) is 14.7 Å². The molecule has 0 saturated carbocycles. The third-order valence-electron chi connectivity index (χ3n) is 13.3. The maximum atomic E-state index is 6.66. The number of fused-ring (bicyclic) bond motifs is 6. The number of hydrogen-bond acceptors (Lipinski definition) is 3. The summed E-state index contributed by atoms with van der Waals surface area (Å²) in [4.78, 5) is 10.5. The van der Waals surface area contributed by atoms with Crippen LogP contribution >= 0.6 is 0 Å². The van der Waals surface area contributed by atoms with E-state index in [-0.39, 0.29) is 26.6 Å². The molecule has 9 aromatic rings. The summed E-state index contributed by atoms with van der Waals surface area (Å²) >= 11 is 0. The van der Waals surface area contributed by atoms with Gasteiger partial charge in [0.25, 0.3) is 0 Å². The number of aryl methyl sites for hydroxylation is 5. The molecule has 6 heteroatoms. The zero-order valence-corrected chi connectivity index (χ0v) is 39.9. The Morgan fingerprint density at radius 3 is 2.11 bits per heavy atom. The van der Waals surface area contributed by atoms with Crippen LogP contribution in [0.1, 0.15) is 79.8 Å². The van der Waals surface area contributed by atoms with Gasteiger partial charge in [-0.25, -0.2) is 4.98 Å². The minimum atomic E-state index is -0.288. The molecule has 1 atom stereocenters. The fourth-order valence-electron chi connectivity index (χ4n) is 10.5. The largest absolute Gasteiger partial charge is 2.00 e. The van der Waals surface area contributed by atoms with Crippen LogP contribution in [-0.4, -0.2) is 32.2 Å². The van der Waals surface area contributed by atoms with Crippen LogP contribution in [0.3, 0.4) is 0 Å². The van der Waals surface area contributed by atoms with E-state index in [9.17, 15) is 0 Å². The van der Waals surface area contributed by atoms with E-state index in [0.29, 0.717) is 18.4 Å². The summed E-state index contributed by atoms with van der Waals surface area (Å²) in [6, 6.07) is 47.8. The Kier molecular flexibility index (Phi) is 11.3. The molecule has 0 saturated heterocycles. The third-order valence-corrected chi connectivity index (χ3v) is 13.3. The number of benzene rings is 6. The quantitative estimate of drug-likeness (QED) is 0.128. The summed E-state index contributed by atoms with van der Waals surface area (Å²) in [5.74, 6) is 1.13. The normalized spacial score (nSPS) is 15.2. The van der Waals surface area contributed by atoms with Gasteiger partial charge in [-0.05, 0) is 123 Å². The number of aromatic nitrogens is 3. The van der Waals surface area contributed by atoms with Crippen molar-refractivity contribution < 1.29 is 25.8 Å². The Morgan fingerprint density at radius 1 is 0.651 bits per heavy atom. The molecule has 318 valence electrons. The minimum absolute atomic E-state index is 0. The van der Waals surface area contributed by atoms with Crippen LogP contribution in [0.25, 0.3) is 77.4 Å². The summed E-state index contributed by atoms with van der Waals surface area (Å²) < 4.78 is 11.3. The van der Waals surface area contributed by atoms with Crippen molar-refractivity contribution in [3.05, 3.63) is 161 Å². The summed E-state index contributed by atoms with van der Waals surface area (Å²) in [7, 11) is 0. The van der Waals surface area contributed by atoms with Gasteiger partial charge < -0.3 is 13.9 Å². The number of nitrogens with zero attached hydrogens (tertiary/aromatic N) is 4. The molecular formula is C57H54N4OPt. The van der Waals surface area contributed by atoms with Crippen molar-refractivity contribution in [2.45, 2.75) is 86.6 Å². The van der Waals surface area contributed by atoms with Crippen molar-refractivity contribution in [1.82, 2.24) is 14.1 Å².